The van der Waals surface area contributed by atoms with E-state index in [0.717, 1.165) is 30.0 Å². The molecular weight excluding hydrogens is 270 g/mol. The fourth-order valence-electron chi connectivity index (χ4n) is 5.07. The van der Waals surface area contributed by atoms with Crippen LogP contribution >= 0.6 is 0 Å². The highest BCUT2D eigenvalue weighted by Gasteiger charge is 2.54. The zero-order valence-electron chi connectivity index (χ0n) is 15.7. The van der Waals surface area contributed by atoms with Crippen LogP contribution in [0.3, 0.4) is 0 Å². The van der Waals surface area contributed by atoms with Gasteiger partial charge in [-0.15, -0.1) is 0 Å². The van der Waals surface area contributed by atoms with Crippen LogP contribution in [0.2, 0.25) is 0 Å². The van der Waals surface area contributed by atoms with E-state index in [1.807, 2.05) is 0 Å². The second-order valence-electron chi connectivity index (χ2n) is 9.38. The molecule has 0 aromatic carbocycles. The highest BCUT2D eigenvalue weighted by atomic mass is 15.3. The Morgan fingerprint density at radius 1 is 1.00 bits per heavy atom. The predicted octanol–water partition coefficient (Wildman–Crippen LogP) is 2.77. The first-order valence-electron chi connectivity index (χ1n) is 9.52. The highest BCUT2D eigenvalue weighted by molar-refractivity contribution is 5.08. The lowest BCUT2D eigenvalue weighted by atomic mass is 9.70. The smallest absolute Gasteiger partial charge is 0.0212 e. The number of hydrogen-bond acceptors (Lipinski definition) is 3. The number of rotatable bonds is 4. The second kappa shape index (κ2) is 6.07. The van der Waals surface area contributed by atoms with Crippen LogP contribution in [0.25, 0.3) is 0 Å². The van der Waals surface area contributed by atoms with E-state index in [4.69, 9.17) is 0 Å². The molecule has 3 heteroatoms. The van der Waals surface area contributed by atoms with Crippen LogP contribution < -0.4 is 0 Å². The summed E-state index contributed by atoms with van der Waals surface area (Å²) < 4.78 is 0. The van der Waals surface area contributed by atoms with Crippen molar-refractivity contribution in [3.63, 3.8) is 0 Å². The van der Waals surface area contributed by atoms with Gasteiger partial charge in [-0.05, 0) is 39.0 Å². The molecule has 0 N–H and O–H groups in total. The zero-order valence-corrected chi connectivity index (χ0v) is 15.7. The Kier molecular flexibility index (Phi) is 4.61. The van der Waals surface area contributed by atoms with Crippen LogP contribution in [-0.4, -0.2) is 72.1 Å². The van der Waals surface area contributed by atoms with E-state index in [1.165, 1.54) is 45.7 Å². The Labute approximate surface area is 138 Å². The van der Waals surface area contributed by atoms with Gasteiger partial charge >= 0.3 is 0 Å². The van der Waals surface area contributed by atoms with Gasteiger partial charge in [-0.2, -0.15) is 0 Å². The van der Waals surface area contributed by atoms with Crippen molar-refractivity contribution in [3.05, 3.63) is 0 Å². The maximum absolute atomic E-state index is 2.81. The standard InChI is InChI=1S/C19H37N3/c1-14(2)8-20-9-16(5)18(7-17(20)6)22-12-19(13-22)10-21(11-19)15(3)4/h14-18H,7-13H2,1-6H3/t16-,17-,18?/m1/s1. The maximum Gasteiger partial charge on any atom is 0.0212 e. The van der Waals surface area contributed by atoms with Gasteiger partial charge in [-0.3, -0.25) is 9.80 Å². The second-order valence-corrected chi connectivity index (χ2v) is 9.38. The van der Waals surface area contributed by atoms with Gasteiger partial charge in [-0.1, -0.05) is 20.8 Å². The zero-order chi connectivity index (χ0) is 16.1. The average Bonchev–Trinajstić information content (AvgIpc) is 2.30. The van der Waals surface area contributed by atoms with Gasteiger partial charge in [0.1, 0.15) is 0 Å². The molecule has 0 aromatic heterocycles. The maximum atomic E-state index is 2.81. The Morgan fingerprint density at radius 2 is 1.64 bits per heavy atom. The van der Waals surface area contributed by atoms with Crippen molar-refractivity contribution in [1.29, 1.82) is 0 Å². The normalized spacial score (nSPS) is 36.8. The monoisotopic (exact) mass is 307 g/mol. The highest BCUT2D eigenvalue weighted by Crippen LogP contribution is 2.43. The molecule has 0 radical (unpaired) electrons. The van der Waals surface area contributed by atoms with E-state index < -0.39 is 0 Å². The largest absolute Gasteiger partial charge is 0.300 e. The summed E-state index contributed by atoms with van der Waals surface area (Å²) in [6.07, 6.45) is 1.37. The molecule has 22 heavy (non-hydrogen) atoms. The SMILES string of the molecule is CC(C)CN1C[C@@H](C)C(N2CC3(CN(C(C)C)C3)C2)C[C@H]1C. The lowest BCUT2D eigenvalue weighted by Crippen LogP contribution is -2.75. The minimum atomic E-state index is 0.669. The molecule has 3 heterocycles. The first-order valence-corrected chi connectivity index (χ1v) is 9.52. The van der Waals surface area contributed by atoms with Gasteiger partial charge in [0.05, 0.1) is 0 Å². The Bertz CT molecular complexity index is 378. The van der Waals surface area contributed by atoms with Crippen LogP contribution in [0.15, 0.2) is 0 Å². The quantitative estimate of drug-likeness (QED) is 0.791. The third-order valence-electron chi connectivity index (χ3n) is 6.34. The van der Waals surface area contributed by atoms with E-state index in [-0.39, 0.29) is 0 Å². The molecule has 0 saturated carbocycles. The van der Waals surface area contributed by atoms with Gasteiger partial charge in [0.25, 0.3) is 0 Å². The van der Waals surface area contributed by atoms with Crippen LogP contribution in [0.5, 0.6) is 0 Å². The number of nitrogens with zero attached hydrogens (tertiary/aromatic N) is 3. The van der Waals surface area contributed by atoms with Crippen molar-refractivity contribution in [3.8, 4) is 0 Å². The first kappa shape index (κ1) is 16.7. The molecule has 0 amide bonds. The van der Waals surface area contributed by atoms with Crippen molar-refractivity contribution in [1.82, 2.24) is 14.7 Å². The summed E-state index contributed by atoms with van der Waals surface area (Å²) in [5, 5.41) is 0. The third-order valence-corrected chi connectivity index (χ3v) is 6.34. The molecule has 1 spiro atoms. The molecule has 3 nitrogen and oxygen atoms in total. The molecule has 3 fully saturated rings. The number of hydrogen-bond donors (Lipinski definition) is 0. The molecule has 0 bridgehead atoms. The number of piperidine rings is 1. The van der Waals surface area contributed by atoms with Crippen LogP contribution in [0.4, 0.5) is 0 Å². The van der Waals surface area contributed by atoms with Crippen molar-refractivity contribution in [2.24, 2.45) is 17.3 Å². The summed E-state index contributed by atoms with van der Waals surface area (Å²) in [5.74, 6) is 1.61. The van der Waals surface area contributed by atoms with E-state index in [0.29, 0.717) is 5.41 Å². The Hall–Kier alpha value is -0.120. The van der Waals surface area contributed by atoms with Gasteiger partial charge in [-0.25, -0.2) is 0 Å². The third kappa shape index (κ3) is 3.09. The molecule has 3 rings (SSSR count). The lowest BCUT2D eigenvalue weighted by Gasteiger charge is -2.64. The van der Waals surface area contributed by atoms with E-state index in [1.54, 1.807) is 0 Å². The van der Waals surface area contributed by atoms with Crippen LogP contribution in [0.1, 0.15) is 48.0 Å². The fourth-order valence-corrected chi connectivity index (χ4v) is 5.07. The summed E-state index contributed by atoms with van der Waals surface area (Å²) in [4.78, 5) is 8.17. The van der Waals surface area contributed by atoms with Gasteiger partial charge < -0.3 is 4.90 Å². The van der Waals surface area contributed by atoms with Crippen molar-refractivity contribution in [2.45, 2.75) is 66.1 Å². The van der Waals surface area contributed by atoms with Crippen LogP contribution in [-0.2, 0) is 0 Å². The molecule has 3 atom stereocenters. The van der Waals surface area contributed by atoms with Gasteiger partial charge in [0.15, 0.2) is 0 Å². The first-order chi connectivity index (χ1) is 10.3. The molecule has 3 aliphatic heterocycles. The molecule has 128 valence electrons. The summed E-state index contributed by atoms with van der Waals surface area (Å²) in [7, 11) is 0. The topological polar surface area (TPSA) is 9.72 Å². The molecular formula is C19H37N3. The summed E-state index contributed by atoms with van der Waals surface area (Å²) in [6, 6.07) is 2.32. The van der Waals surface area contributed by atoms with E-state index >= 15 is 0 Å². The van der Waals surface area contributed by atoms with Gasteiger partial charge in [0, 0.05) is 62.8 Å². The van der Waals surface area contributed by atoms with Crippen molar-refractivity contribution < 1.29 is 0 Å². The summed E-state index contributed by atoms with van der Waals surface area (Å²) >= 11 is 0. The Morgan fingerprint density at radius 3 is 2.18 bits per heavy atom. The fraction of sp³-hybridized carbons (Fsp3) is 1.00. The number of likely N-dealkylation sites (tertiary alicyclic amines) is 3. The summed E-state index contributed by atoms with van der Waals surface area (Å²) in [5.41, 5.74) is 0.669. The molecule has 0 aromatic rings. The minimum absolute atomic E-state index is 0.669. The average molecular weight is 308 g/mol. The molecule has 1 unspecified atom stereocenters. The van der Waals surface area contributed by atoms with E-state index in [9.17, 15) is 0 Å². The van der Waals surface area contributed by atoms with Crippen LogP contribution in [0, 0.1) is 17.3 Å². The molecule has 0 aliphatic carbocycles. The molecule has 3 saturated heterocycles. The van der Waals surface area contributed by atoms with Gasteiger partial charge in [0.2, 0.25) is 0 Å². The van der Waals surface area contributed by atoms with E-state index in [2.05, 4.69) is 56.2 Å². The van der Waals surface area contributed by atoms with Crippen molar-refractivity contribution in [2.75, 3.05) is 39.3 Å². The lowest BCUT2D eigenvalue weighted by molar-refractivity contribution is -0.154. The Balaban J connectivity index is 1.49. The van der Waals surface area contributed by atoms with Crippen molar-refractivity contribution >= 4 is 0 Å². The minimum Gasteiger partial charge on any atom is -0.300 e. The molecule has 3 aliphatic rings. The predicted molar refractivity (Wildman–Crippen MR) is 94.2 cm³/mol. The summed E-state index contributed by atoms with van der Waals surface area (Å²) in [6.45, 7) is 22.3.